The summed E-state index contributed by atoms with van der Waals surface area (Å²) in [5.74, 6) is 1.55. The SMILES string of the molecule is CCNC(=NCC(C)c1c(C)noc1C)NC(C)c1ccc(OC)c(F)c1. The zero-order valence-electron chi connectivity index (χ0n) is 16.9. The molecule has 148 valence electrons. The summed E-state index contributed by atoms with van der Waals surface area (Å²) in [6.07, 6.45) is 0. The second kappa shape index (κ2) is 9.39. The molecule has 0 saturated heterocycles. The first-order chi connectivity index (χ1) is 12.9. The molecule has 7 heteroatoms. The van der Waals surface area contributed by atoms with Crippen LogP contribution in [-0.4, -0.2) is 31.3 Å². The van der Waals surface area contributed by atoms with Crippen LogP contribution in [0.15, 0.2) is 27.7 Å². The standard InChI is InChI=1S/C20H29FN4O2/c1-7-22-20(23-11-12(2)19-14(4)25-27-15(19)5)24-13(3)16-8-9-18(26-6)17(21)10-16/h8-10,12-13H,7,11H2,1-6H3,(H2,22,23,24). The molecule has 2 aromatic rings. The van der Waals surface area contributed by atoms with Crippen molar-refractivity contribution >= 4 is 5.96 Å². The zero-order valence-corrected chi connectivity index (χ0v) is 16.9. The number of benzene rings is 1. The Hall–Kier alpha value is -2.57. The maximum Gasteiger partial charge on any atom is 0.191 e. The highest BCUT2D eigenvalue weighted by molar-refractivity contribution is 5.80. The largest absolute Gasteiger partial charge is 0.494 e. The molecule has 1 aromatic carbocycles. The number of nitrogens with one attached hydrogen (secondary N) is 2. The van der Waals surface area contributed by atoms with Crippen LogP contribution < -0.4 is 15.4 Å². The molecule has 0 aliphatic carbocycles. The first-order valence-electron chi connectivity index (χ1n) is 9.18. The molecule has 2 atom stereocenters. The van der Waals surface area contributed by atoms with Crippen molar-refractivity contribution in [1.82, 2.24) is 15.8 Å². The molecular weight excluding hydrogens is 347 g/mol. The van der Waals surface area contributed by atoms with E-state index in [1.54, 1.807) is 6.07 Å². The van der Waals surface area contributed by atoms with Gasteiger partial charge in [-0.3, -0.25) is 4.99 Å². The molecule has 1 aromatic heterocycles. The monoisotopic (exact) mass is 376 g/mol. The molecule has 0 fully saturated rings. The number of guanidine groups is 1. The Bertz CT molecular complexity index is 769. The number of aryl methyl sites for hydroxylation is 2. The Morgan fingerprint density at radius 1 is 1.33 bits per heavy atom. The lowest BCUT2D eigenvalue weighted by Gasteiger charge is -2.19. The van der Waals surface area contributed by atoms with Crippen molar-refractivity contribution in [2.24, 2.45) is 4.99 Å². The number of hydrogen-bond acceptors (Lipinski definition) is 4. The van der Waals surface area contributed by atoms with Crippen molar-refractivity contribution in [1.29, 1.82) is 0 Å². The van der Waals surface area contributed by atoms with Crippen molar-refractivity contribution in [2.45, 2.75) is 46.6 Å². The Morgan fingerprint density at radius 2 is 2.07 bits per heavy atom. The first-order valence-corrected chi connectivity index (χ1v) is 9.18. The van der Waals surface area contributed by atoms with Gasteiger partial charge in [0.05, 0.1) is 18.8 Å². The number of halogens is 1. The highest BCUT2D eigenvalue weighted by Crippen LogP contribution is 2.24. The van der Waals surface area contributed by atoms with Crippen molar-refractivity contribution in [3.63, 3.8) is 0 Å². The van der Waals surface area contributed by atoms with Crippen LogP contribution in [0, 0.1) is 19.7 Å². The van der Waals surface area contributed by atoms with Crippen LogP contribution in [-0.2, 0) is 0 Å². The predicted molar refractivity (Wildman–Crippen MR) is 105 cm³/mol. The van der Waals surface area contributed by atoms with Crippen LogP contribution in [0.1, 0.15) is 55.3 Å². The van der Waals surface area contributed by atoms with Crippen molar-refractivity contribution in [3.8, 4) is 5.75 Å². The Balaban J connectivity index is 2.09. The van der Waals surface area contributed by atoms with Gasteiger partial charge in [-0.25, -0.2) is 4.39 Å². The maximum atomic E-state index is 14.0. The van der Waals surface area contributed by atoms with E-state index in [-0.39, 0.29) is 23.5 Å². The van der Waals surface area contributed by atoms with Crippen molar-refractivity contribution in [3.05, 3.63) is 46.6 Å². The number of nitrogens with zero attached hydrogens (tertiary/aromatic N) is 2. The minimum atomic E-state index is -0.377. The van der Waals surface area contributed by atoms with Crippen LogP contribution in [0.2, 0.25) is 0 Å². The molecular formula is C20H29FN4O2. The Morgan fingerprint density at radius 3 is 2.63 bits per heavy atom. The van der Waals surface area contributed by atoms with Gasteiger partial charge in [0.25, 0.3) is 0 Å². The molecule has 0 bridgehead atoms. The van der Waals surface area contributed by atoms with Crippen LogP contribution in [0.4, 0.5) is 4.39 Å². The summed E-state index contributed by atoms with van der Waals surface area (Å²) in [5, 5.41) is 10.6. The van der Waals surface area contributed by atoms with E-state index < -0.39 is 0 Å². The molecule has 2 N–H and O–H groups in total. The van der Waals surface area contributed by atoms with Gasteiger partial charge in [-0.15, -0.1) is 0 Å². The average Bonchev–Trinajstić information content (AvgIpc) is 2.98. The molecule has 2 rings (SSSR count). The molecule has 0 amide bonds. The van der Waals surface area contributed by atoms with Gasteiger partial charge in [-0.1, -0.05) is 18.1 Å². The third-order valence-corrected chi connectivity index (χ3v) is 4.48. The molecule has 27 heavy (non-hydrogen) atoms. The second-order valence-corrected chi connectivity index (χ2v) is 6.62. The minimum absolute atomic E-state index is 0.113. The van der Waals surface area contributed by atoms with Crippen LogP contribution in [0.3, 0.4) is 0 Å². The first kappa shape index (κ1) is 20.7. The lowest BCUT2D eigenvalue weighted by molar-refractivity contribution is 0.386. The maximum absolute atomic E-state index is 14.0. The third-order valence-electron chi connectivity index (χ3n) is 4.48. The van der Waals surface area contributed by atoms with E-state index in [1.807, 2.05) is 33.8 Å². The molecule has 0 saturated carbocycles. The van der Waals surface area contributed by atoms with E-state index in [4.69, 9.17) is 9.26 Å². The van der Waals surface area contributed by atoms with Crippen LogP contribution in [0.25, 0.3) is 0 Å². The van der Waals surface area contributed by atoms with Gasteiger partial charge in [0, 0.05) is 24.6 Å². The van der Waals surface area contributed by atoms with E-state index in [0.29, 0.717) is 12.5 Å². The molecule has 2 unspecified atom stereocenters. The third kappa shape index (κ3) is 5.21. The van der Waals surface area contributed by atoms with E-state index in [9.17, 15) is 4.39 Å². The molecule has 6 nitrogen and oxygen atoms in total. The smallest absolute Gasteiger partial charge is 0.191 e. The van der Waals surface area contributed by atoms with E-state index in [1.165, 1.54) is 13.2 Å². The quantitative estimate of drug-likeness (QED) is 0.567. The summed E-state index contributed by atoms with van der Waals surface area (Å²) in [5.41, 5.74) is 2.81. The number of rotatable bonds is 7. The molecule has 1 heterocycles. The highest BCUT2D eigenvalue weighted by atomic mass is 19.1. The number of aliphatic imine (C=N–C) groups is 1. The van der Waals surface area contributed by atoms with Gasteiger partial charge in [0.1, 0.15) is 5.76 Å². The number of hydrogen-bond donors (Lipinski definition) is 2. The second-order valence-electron chi connectivity index (χ2n) is 6.62. The Labute approximate surface area is 160 Å². The normalized spacial score (nSPS) is 14.0. The summed E-state index contributed by atoms with van der Waals surface area (Å²) < 4.78 is 24.2. The fraction of sp³-hybridized carbons (Fsp3) is 0.500. The zero-order chi connectivity index (χ0) is 20.0. The fourth-order valence-corrected chi connectivity index (χ4v) is 3.07. The van der Waals surface area contributed by atoms with E-state index >= 15 is 0 Å². The molecule has 0 aliphatic rings. The van der Waals surface area contributed by atoms with Gasteiger partial charge >= 0.3 is 0 Å². The summed E-state index contributed by atoms with van der Waals surface area (Å²) in [6.45, 7) is 11.2. The summed E-state index contributed by atoms with van der Waals surface area (Å²) in [6, 6.07) is 4.84. The summed E-state index contributed by atoms with van der Waals surface area (Å²) >= 11 is 0. The fourth-order valence-electron chi connectivity index (χ4n) is 3.07. The average molecular weight is 376 g/mol. The van der Waals surface area contributed by atoms with E-state index in [2.05, 4.69) is 27.7 Å². The van der Waals surface area contributed by atoms with E-state index in [0.717, 1.165) is 29.1 Å². The lowest BCUT2D eigenvalue weighted by Crippen LogP contribution is -2.39. The minimum Gasteiger partial charge on any atom is -0.494 e. The van der Waals surface area contributed by atoms with Crippen LogP contribution >= 0.6 is 0 Å². The summed E-state index contributed by atoms with van der Waals surface area (Å²) in [4.78, 5) is 4.68. The van der Waals surface area contributed by atoms with Gasteiger partial charge in [0.2, 0.25) is 0 Å². The topological polar surface area (TPSA) is 71.7 Å². The van der Waals surface area contributed by atoms with Gasteiger partial charge in [-0.05, 0) is 45.4 Å². The number of aromatic nitrogens is 1. The number of ether oxygens (including phenoxy) is 1. The van der Waals surface area contributed by atoms with Crippen molar-refractivity contribution < 1.29 is 13.7 Å². The molecule has 0 spiro atoms. The van der Waals surface area contributed by atoms with Gasteiger partial charge in [0.15, 0.2) is 17.5 Å². The van der Waals surface area contributed by atoms with Crippen molar-refractivity contribution in [2.75, 3.05) is 20.2 Å². The molecule has 0 radical (unpaired) electrons. The lowest BCUT2D eigenvalue weighted by atomic mass is 10.00. The van der Waals surface area contributed by atoms with Gasteiger partial charge in [-0.2, -0.15) is 0 Å². The predicted octanol–water partition coefficient (Wildman–Crippen LogP) is 3.86. The molecule has 0 aliphatic heterocycles. The Kier molecular flexibility index (Phi) is 7.21. The number of methoxy groups -OCH3 is 1. The van der Waals surface area contributed by atoms with Crippen LogP contribution in [0.5, 0.6) is 5.75 Å². The highest BCUT2D eigenvalue weighted by Gasteiger charge is 2.17. The van der Waals surface area contributed by atoms with Gasteiger partial charge < -0.3 is 19.9 Å². The summed E-state index contributed by atoms with van der Waals surface area (Å²) in [7, 11) is 1.45.